The van der Waals surface area contributed by atoms with E-state index >= 15 is 0 Å². The molecule has 3 N–H and O–H groups in total. The van der Waals surface area contributed by atoms with Crippen molar-refractivity contribution in [3.8, 4) is 11.1 Å². The molecule has 0 aromatic heterocycles. The van der Waals surface area contributed by atoms with Gasteiger partial charge >= 0.3 is 0 Å². The highest BCUT2D eigenvalue weighted by Gasteiger charge is 2.45. The van der Waals surface area contributed by atoms with Crippen molar-refractivity contribution in [3.63, 3.8) is 0 Å². The number of primary amides is 1. The summed E-state index contributed by atoms with van der Waals surface area (Å²) >= 11 is 0. The Morgan fingerprint density at radius 1 is 1.10 bits per heavy atom. The van der Waals surface area contributed by atoms with E-state index in [1.54, 1.807) is 18.2 Å². The second-order valence-electron chi connectivity index (χ2n) is 8.87. The van der Waals surface area contributed by atoms with Gasteiger partial charge in [-0.15, -0.1) is 0 Å². The van der Waals surface area contributed by atoms with E-state index in [-0.39, 0.29) is 28.7 Å². The molecule has 1 fully saturated rings. The lowest BCUT2D eigenvalue weighted by molar-refractivity contribution is -0.136. The van der Waals surface area contributed by atoms with Gasteiger partial charge in [-0.2, -0.15) is 8.78 Å². The molecule has 1 saturated heterocycles. The van der Waals surface area contributed by atoms with Crippen molar-refractivity contribution in [2.45, 2.75) is 32.2 Å². The fraction of sp³-hybridized carbons (Fsp3) is 0.348. The number of likely N-dealkylation sites (tertiary alicyclic amines) is 1. The molecule has 1 heterocycles. The number of nitrogens with two attached hydrogens (primary N) is 1. The van der Waals surface area contributed by atoms with Crippen LogP contribution >= 0.6 is 0 Å². The Kier molecular flexibility index (Phi) is 4.83. The van der Waals surface area contributed by atoms with Gasteiger partial charge in [-0.3, -0.25) is 14.4 Å². The van der Waals surface area contributed by atoms with Gasteiger partial charge in [0.15, 0.2) is 0 Å². The molecule has 2 aromatic carbocycles. The summed E-state index contributed by atoms with van der Waals surface area (Å²) in [6.07, 6.45) is 0.447. The van der Waals surface area contributed by atoms with E-state index in [1.807, 2.05) is 13.8 Å². The lowest BCUT2D eigenvalue weighted by atomic mass is 9.90. The number of amides is 3. The quantitative estimate of drug-likeness (QED) is 0.786. The lowest BCUT2D eigenvalue weighted by Gasteiger charge is -2.23. The molecule has 1 atom stereocenters. The molecular weight excluding hydrogens is 404 g/mol. The van der Waals surface area contributed by atoms with Crippen molar-refractivity contribution in [1.82, 2.24) is 10.2 Å². The number of carbonyl (C=O) groups excluding carboxylic acids is 3. The number of carbonyl (C=O) groups is 3. The second kappa shape index (κ2) is 7.14. The molecule has 8 heteroatoms. The van der Waals surface area contributed by atoms with Gasteiger partial charge in [-0.05, 0) is 35.1 Å². The first kappa shape index (κ1) is 21.0. The number of hydrogen-bond donors (Lipinski definition) is 2. The number of benzene rings is 2. The minimum Gasteiger partial charge on any atom is -0.368 e. The molecule has 0 saturated carbocycles. The average Bonchev–Trinajstić information content (AvgIpc) is 3.17. The Balaban J connectivity index is 1.49. The number of alkyl halides is 2. The standard InChI is InChI=1S/C23H23F2N3O3/c1-22(2)10-18(20(26)30)28(12-22)19(29)11-27-21(31)13-7-8-15-14-5-3-4-6-16(14)23(24,25)17(15)9-13/h3-9,18H,10-12H2,1-2H3,(H2,26,30)(H,27,31)/t18-/m0/s1. The second-order valence-corrected chi connectivity index (χ2v) is 8.87. The van der Waals surface area contributed by atoms with Crippen molar-refractivity contribution in [2.75, 3.05) is 13.1 Å². The van der Waals surface area contributed by atoms with Gasteiger partial charge < -0.3 is 16.0 Å². The summed E-state index contributed by atoms with van der Waals surface area (Å²) in [5, 5.41) is 2.47. The zero-order chi connectivity index (χ0) is 22.6. The summed E-state index contributed by atoms with van der Waals surface area (Å²) in [6, 6.07) is 9.64. The minimum atomic E-state index is -3.20. The van der Waals surface area contributed by atoms with Crippen LogP contribution in [0.25, 0.3) is 11.1 Å². The molecule has 3 amide bonds. The monoisotopic (exact) mass is 427 g/mol. The molecule has 6 nitrogen and oxygen atoms in total. The topological polar surface area (TPSA) is 92.5 Å². The molecule has 1 aliphatic carbocycles. The van der Waals surface area contributed by atoms with Crippen LogP contribution in [0, 0.1) is 5.41 Å². The van der Waals surface area contributed by atoms with E-state index in [4.69, 9.17) is 5.73 Å². The molecule has 1 aliphatic heterocycles. The van der Waals surface area contributed by atoms with Crippen LogP contribution < -0.4 is 11.1 Å². The van der Waals surface area contributed by atoms with Crippen LogP contribution in [0.3, 0.4) is 0 Å². The number of rotatable bonds is 4. The fourth-order valence-corrected chi connectivity index (χ4v) is 4.46. The third-order valence-electron chi connectivity index (χ3n) is 5.95. The number of nitrogens with zero attached hydrogens (tertiary/aromatic N) is 1. The molecular formula is C23H23F2N3O3. The zero-order valence-electron chi connectivity index (χ0n) is 17.2. The maximum Gasteiger partial charge on any atom is 0.299 e. The van der Waals surface area contributed by atoms with E-state index in [0.29, 0.717) is 24.1 Å². The van der Waals surface area contributed by atoms with E-state index in [9.17, 15) is 23.2 Å². The highest BCUT2D eigenvalue weighted by molar-refractivity contribution is 5.98. The average molecular weight is 427 g/mol. The smallest absolute Gasteiger partial charge is 0.299 e. The lowest BCUT2D eigenvalue weighted by Crippen LogP contribution is -2.47. The normalized spacial score (nSPS) is 20.1. The van der Waals surface area contributed by atoms with Crippen LogP contribution in [0.1, 0.15) is 41.8 Å². The van der Waals surface area contributed by atoms with E-state index in [2.05, 4.69) is 5.32 Å². The molecule has 0 unspecified atom stereocenters. The van der Waals surface area contributed by atoms with Gasteiger partial charge in [0.1, 0.15) is 6.04 Å². The summed E-state index contributed by atoms with van der Waals surface area (Å²) in [6.45, 7) is 3.85. The number of fused-ring (bicyclic) bond motifs is 3. The Bertz CT molecular complexity index is 1100. The van der Waals surface area contributed by atoms with Crippen molar-refractivity contribution in [1.29, 1.82) is 0 Å². The Morgan fingerprint density at radius 2 is 1.77 bits per heavy atom. The molecule has 0 spiro atoms. The summed E-state index contributed by atoms with van der Waals surface area (Å²) in [5.74, 6) is -4.88. The van der Waals surface area contributed by atoms with E-state index in [0.717, 1.165) is 0 Å². The highest BCUT2D eigenvalue weighted by atomic mass is 19.3. The maximum absolute atomic E-state index is 14.8. The summed E-state index contributed by atoms with van der Waals surface area (Å²) in [5.41, 5.74) is 5.69. The highest BCUT2D eigenvalue weighted by Crippen LogP contribution is 2.50. The first-order chi connectivity index (χ1) is 14.5. The molecule has 2 aliphatic rings. The van der Waals surface area contributed by atoms with Crippen LogP contribution in [0.5, 0.6) is 0 Å². The first-order valence-corrected chi connectivity index (χ1v) is 10.0. The molecule has 2 aromatic rings. The van der Waals surface area contributed by atoms with Crippen molar-refractivity contribution < 1.29 is 23.2 Å². The SMILES string of the molecule is CC1(C)C[C@@H](C(N)=O)N(C(=O)CNC(=O)c2ccc3c(c2)C(F)(F)c2ccccc2-3)C1. The zero-order valence-corrected chi connectivity index (χ0v) is 17.2. The predicted octanol–water partition coefficient (Wildman–Crippen LogP) is 2.65. The summed E-state index contributed by atoms with van der Waals surface area (Å²) in [4.78, 5) is 38.2. The van der Waals surface area contributed by atoms with Gasteiger partial charge in [-0.25, -0.2) is 0 Å². The van der Waals surface area contributed by atoms with Gasteiger partial charge in [0, 0.05) is 23.2 Å². The van der Waals surface area contributed by atoms with E-state index < -0.39 is 29.7 Å². The fourth-order valence-electron chi connectivity index (χ4n) is 4.46. The van der Waals surface area contributed by atoms with Crippen LogP contribution in [-0.4, -0.2) is 41.8 Å². The summed E-state index contributed by atoms with van der Waals surface area (Å²) < 4.78 is 29.7. The Morgan fingerprint density at radius 3 is 2.48 bits per heavy atom. The van der Waals surface area contributed by atoms with Crippen molar-refractivity contribution >= 4 is 17.7 Å². The van der Waals surface area contributed by atoms with Crippen LogP contribution in [0.15, 0.2) is 42.5 Å². The van der Waals surface area contributed by atoms with Crippen LogP contribution in [0.4, 0.5) is 8.78 Å². The number of nitrogens with one attached hydrogen (secondary N) is 1. The first-order valence-electron chi connectivity index (χ1n) is 10.0. The van der Waals surface area contributed by atoms with Crippen molar-refractivity contribution in [3.05, 3.63) is 59.2 Å². The molecule has 0 radical (unpaired) electrons. The third kappa shape index (κ3) is 3.56. The molecule has 0 bridgehead atoms. The van der Waals surface area contributed by atoms with E-state index in [1.165, 1.54) is 29.2 Å². The maximum atomic E-state index is 14.8. The van der Waals surface area contributed by atoms with Gasteiger partial charge in [-0.1, -0.05) is 44.2 Å². The Labute approximate surface area is 178 Å². The largest absolute Gasteiger partial charge is 0.368 e. The molecule has 162 valence electrons. The van der Waals surface area contributed by atoms with Crippen LogP contribution in [0.2, 0.25) is 0 Å². The van der Waals surface area contributed by atoms with Gasteiger partial charge in [0.05, 0.1) is 6.54 Å². The number of hydrogen-bond acceptors (Lipinski definition) is 3. The third-order valence-corrected chi connectivity index (χ3v) is 5.95. The van der Waals surface area contributed by atoms with Crippen LogP contribution in [-0.2, 0) is 15.5 Å². The molecule has 4 rings (SSSR count). The van der Waals surface area contributed by atoms with Crippen molar-refractivity contribution in [2.24, 2.45) is 11.1 Å². The summed E-state index contributed by atoms with van der Waals surface area (Å²) in [7, 11) is 0. The minimum absolute atomic E-state index is 0.0345. The molecule has 31 heavy (non-hydrogen) atoms. The Hall–Kier alpha value is -3.29. The van der Waals surface area contributed by atoms with Gasteiger partial charge in [0.2, 0.25) is 11.8 Å². The van der Waals surface area contributed by atoms with Gasteiger partial charge in [0.25, 0.3) is 11.8 Å². The predicted molar refractivity (Wildman–Crippen MR) is 110 cm³/mol. The number of halogens is 2.